The molecule has 24 heavy (non-hydrogen) atoms. The van der Waals surface area contributed by atoms with Gasteiger partial charge in [-0.05, 0) is 0 Å². The molecule has 2 heterocycles. The molecule has 1 saturated heterocycles. The molecule has 0 aliphatic carbocycles. The van der Waals surface area contributed by atoms with E-state index in [-0.39, 0.29) is 5.91 Å². The number of amides is 1. The molecule has 2 aromatic rings. The summed E-state index contributed by atoms with van der Waals surface area (Å²) in [7, 11) is 1.73. The van der Waals surface area contributed by atoms with Gasteiger partial charge < -0.3 is 0 Å². The third-order valence-corrected chi connectivity index (χ3v) is 9.20. The number of rotatable bonds is 3. The van der Waals surface area contributed by atoms with Crippen LogP contribution in [0.25, 0.3) is 10.6 Å². The molecule has 1 atom stereocenters. The van der Waals surface area contributed by atoms with Gasteiger partial charge in [0.15, 0.2) is 0 Å². The third-order valence-electron chi connectivity index (χ3n) is 4.10. The van der Waals surface area contributed by atoms with Gasteiger partial charge in [0.1, 0.15) is 0 Å². The van der Waals surface area contributed by atoms with E-state index in [2.05, 4.69) is 26.2 Å². The molecule has 0 saturated carbocycles. The van der Waals surface area contributed by atoms with E-state index >= 15 is 0 Å². The average Bonchev–Trinajstić information content (AvgIpc) is 3.07. The number of thiazole rings is 1. The summed E-state index contributed by atoms with van der Waals surface area (Å²) in [5.74, 6) is -0.221. The van der Waals surface area contributed by atoms with Gasteiger partial charge in [-0.15, -0.1) is 0 Å². The number of benzene rings is 1. The SMILES string of the molecule is CN1CC[C@@](O)(c2cccc(-c3n[c]([Sn][C](C)(C)C)cs3)c2)C1=O. The Hall–Kier alpha value is -0.921. The van der Waals surface area contributed by atoms with Crippen molar-refractivity contribution in [3.8, 4) is 10.6 Å². The fraction of sp³-hybridized carbons (Fsp3) is 0.444. The van der Waals surface area contributed by atoms with Crippen LogP contribution in [0.3, 0.4) is 0 Å². The average molecular weight is 449 g/mol. The van der Waals surface area contributed by atoms with Gasteiger partial charge in [0, 0.05) is 0 Å². The summed E-state index contributed by atoms with van der Waals surface area (Å²) >= 11 is 0.928. The van der Waals surface area contributed by atoms with E-state index in [1.165, 1.54) is 3.71 Å². The molecule has 1 fully saturated rings. The van der Waals surface area contributed by atoms with Crippen molar-refractivity contribution < 1.29 is 9.90 Å². The molecule has 4 nitrogen and oxygen atoms in total. The molecule has 2 radical (unpaired) electrons. The number of hydrogen-bond acceptors (Lipinski definition) is 4. The summed E-state index contributed by atoms with van der Waals surface area (Å²) in [5.41, 5.74) is 0.252. The Labute approximate surface area is 157 Å². The molecule has 126 valence electrons. The second-order valence-electron chi connectivity index (χ2n) is 7.33. The molecule has 1 aliphatic heterocycles. The fourth-order valence-corrected chi connectivity index (χ4v) is 7.54. The van der Waals surface area contributed by atoms with Crippen molar-refractivity contribution in [2.24, 2.45) is 0 Å². The summed E-state index contributed by atoms with van der Waals surface area (Å²) in [6, 6.07) is 7.66. The number of carbonyl (C=O) groups is 1. The van der Waals surface area contributed by atoms with Crippen molar-refractivity contribution in [2.75, 3.05) is 13.6 Å². The number of carbonyl (C=O) groups excluding carboxylic acids is 1. The van der Waals surface area contributed by atoms with Gasteiger partial charge in [0.05, 0.1) is 0 Å². The minimum atomic E-state index is -1.40. The summed E-state index contributed by atoms with van der Waals surface area (Å²) < 4.78 is 1.62. The van der Waals surface area contributed by atoms with E-state index < -0.39 is 26.7 Å². The second kappa shape index (κ2) is 6.42. The van der Waals surface area contributed by atoms with Crippen LogP contribution in [0.5, 0.6) is 0 Å². The maximum atomic E-state index is 12.3. The van der Waals surface area contributed by atoms with Crippen LogP contribution in [0.4, 0.5) is 0 Å². The molecule has 0 unspecified atom stereocenters. The van der Waals surface area contributed by atoms with Crippen LogP contribution < -0.4 is 3.71 Å². The van der Waals surface area contributed by atoms with Crippen molar-refractivity contribution in [1.82, 2.24) is 9.88 Å². The number of aliphatic hydroxyl groups is 1. The van der Waals surface area contributed by atoms with Crippen LogP contribution in [0, 0.1) is 0 Å². The molecule has 0 bridgehead atoms. The summed E-state index contributed by atoms with van der Waals surface area (Å²) in [6.45, 7) is 7.41. The first-order valence-corrected chi connectivity index (χ1v) is 11.7. The molecule has 1 aromatic heterocycles. The number of hydrogen-bond donors (Lipinski definition) is 1. The van der Waals surface area contributed by atoms with Crippen molar-refractivity contribution in [3.05, 3.63) is 35.2 Å². The van der Waals surface area contributed by atoms with Crippen molar-refractivity contribution in [1.29, 1.82) is 0 Å². The summed E-state index contributed by atoms with van der Waals surface area (Å²) in [5, 5.41) is 14.0. The zero-order valence-corrected chi connectivity index (χ0v) is 18.1. The molecular weight excluding hydrogens is 427 g/mol. The minimum absolute atomic E-state index is 0.221. The zero-order valence-electron chi connectivity index (χ0n) is 14.5. The fourth-order valence-electron chi connectivity index (χ4n) is 2.88. The summed E-state index contributed by atoms with van der Waals surface area (Å²) in [4.78, 5) is 18.7. The molecule has 1 aliphatic rings. The van der Waals surface area contributed by atoms with Gasteiger partial charge in [-0.25, -0.2) is 0 Å². The van der Waals surface area contributed by atoms with Gasteiger partial charge in [0.25, 0.3) is 0 Å². The van der Waals surface area contributed by atoms with Gasteiger partial charge >= 0.3 is 157 Å². The van der Waals surface area contributed by atoms with Crippen LogP contribution in [0.2, 0.25) is 3.43 Å². The molecule has 0 spiro atoms. The first kappa shape index (κ1) is 17.9. The zero-order chi connectivity index (χ0) is 17.5. The Balaban J connectivity index is 1.90. The van der Waals surface area contributed by atoms with Gasteiger partial charge in [-0.3, -0.25) is 0 Å². The Morgan fingerprint density at radius 3 is 2.75 bits per heavy atom. The number of likely N-dealkylation sites (N-methyl/N-ethyl adjacent to an activating group) is 1. The predicted molar refractivity (Wildman–Crippen MR) is 98.8 cm³/mol. The Bertz CT molecular complexity index is 768. The van der Waals surface area contributed by atoms with Crippen LogP contribution in [-0.2, 0) is 10.4 Å². The maximum absolute atomic E-state index is 12.3. The van der Waals surface area contributed by atoms with Gasteiger partial charge in [-0.2, -0.15) is 0 Å². The normalized spacial score (nSPS) is 21.5. The van der Waals surface area contributed by atoms with Crippen molar-refractivity contribution >= 4 is 42.1 Å². The van der Waals surface area contributed by atoms with E-state index in [1.807, 2.05) is 24.3 Å². The first-order chi connectivity index (χ1) is 11.2. The molecule has 6 heteroatoms. The predicted octanol–water partition coefficient (Wildman–Crippen LogP) is 2.41. The van der Waals surface area contributed by atoms with Crippen LogP contribution >= 0.6 is 11.3 Å². The van der Waals surface area contributed by atoms with Crippen molar-refractivity contribution in [2.45, 2.75) is 36.2 Å². The quantitative estimate of drug-likeness (QED) is 0.733. The number of aromatic nitrogens is 1. The van der Waals surface area contributed by atoms with E-state index in [0.717, 1.165) is 10.6 Å². The van der Waals surface area contributed by atoms with Crippen LogP contribution in [0.15, 0.2) is 29.6 Å². The van der Waals surface area contributed by atoms with E-state index in [9.17, 15) is 9.90 Å². The Morgan fingerprint density at radius 1 is 1.38 bits per heavy atom. The standard InChI is InChI=1S/C14H13N2O2S.C4H9.Sn/c1-16-7-5-14(18,13(16)17)11-4-2-3-10(9-11)12-15-6-8-19-12;1-4(2)3;/h2-4,8-9,18H,5,7H2,1H3;1-3H3;/t14-;;/m1../s1. The Morgan fingerprint density at radius 2 is 2.12 bits per heavy atom. The molecule has 3 rings (SSSR count). The monoisotopic (exact) mass is 450 g/mol. The number of likely N-dealkylation sites (tertiary alicyclic amines) is 1. The van der Waals surface area contributed by atoms with Crippen molar-refractivity contribution in [3.63, 3.8) is 0 Å². The topological polar surface area (TPSA) is 53.4 Å². The Kier molecular flexibility index (Phi) is 4.79. The molecule has 1 aromatic carbocycles. The van der Waals surface area contributed by atoms with E-state index in [4.69, 9.17) is 4.98 Å². The van der Waals surface area contributed by atoms with Gasteiger partial charge in [0.2, 0.25) is 0 Å². The molecular formula is C18H22N2O2SSn. The second-order valence-corrected chi connectivity index (χ2v) is 14.6. The van der Waals surface area contributed by atoms with Crippen LogP contribution in [0.1, 0.15) is 32.8 Å². The first-order valence-electron chi connectivity index (χ1n) is 8.02. The molecule has 1 N–H and O–H groups in total. The van der Waals surface area contributed by atoms with E-state index in [0.29, 0.717) is 22.0 Å². The molecule has 1 amide bonds. The van der Waals surface area contributed by atoms with E-state index in [1.54, 1.807) is 23.3 Å². The van der Waals surface area contributed by atoms with Gasteiger partial charge in [-0.1, -0.05) is 0 Å². The van der Waals surface area contributed by atoms with Crippen LogP contribution in [-0.4, -0.2) is 55.6 Å². The number of nitrogens with zero attached hydrogens (tertiary/aromatic N) is 2. The summed E-state index contributed by atoms with van der Waals surface area (Å²) in [6.07, 6.45) is 0.438. The third kappa shape index (κ3) is 3.53.